The van der Waals surface area contributed by atoms with Crippen LogP contribution >= 0.6 is 11.3 Å². The maximum atomic E-state index is 13.1. The molecule has 1 heterocycles. The van der Waals surface area contributed by atoms with Gasteiger partial charge in [-0.1, -0.05) is 13.8 Å². The van der Waals surface area contributed by atoms with E-state index in [2.05, 4.69) is 5.38 Å². The molecule has 0 amide bonds. The third-order valence-corrected chi connectivity index (χ3v) is 8.16. The molecule has 1 aromatic heterocycles. The minimum Gasteiger partial charge on any atom is -0.462 e. The van der Waals surface area contributed by atoms with Gasteiger partial charge in [-0.25, -0.2) is 0 Å². The minimum atomic E-state index is -0.583. The molecule has 1 aromatic rings. The predicted octanol–water partition coefficient (Wildman–Crippen LogP) is 5.17. The first kappa shape index (κ1) is 19.9. The Morgan fingerprint density at radius 1 is 1.14 bits per heavy atom. The minimum absolute atomic E-state index is 0.0108. The van der Waals surface area contributed by atoms with E-state index in [4.69, 9.17) is 9.47 Å². The van der Waals surface area contributed by atoms with Gasteiger partial charge in [0.15, 0.2) is 0 Å². The number of rotatable bonds is 6. The number of carbonyl (C=O) groups excluding carboxylic acids is 2. The zero-order valence-corrected chi connectivity index (χ0v) is 18.2. The van der Waals surface area contributed by atoms with Crippen LogP contribution in [-0.2, 0) is 24.7 Å². The van der Waals surface area contributed by atoms with Crippen molar-refractivity contribution in [2.24, 2.45) is 35.5 Å². The van der Waals surface area contributed by atoms with Gasteiger partial charge in [-0.15, -0.1) is 0 Å². The summed E-state index contributed by atoms with van der Waals surface area (Å²) in [5, 5.41) is 4.08. The van der Waals surface area contributed by atoms with Gasteiger partial charge in [-0.2, -0.15) is 11.3 Å². The second kappa shape index (κ2) is 7.47. The SMILES string of the molecule is CCC(C)C(=O)OC1C2CC3CC1CC(C2)C3C(=O)OC(C)(C)c1ccsc1. The molecule has 0 saturated heterocycles. The van der Waals surface area contributed by atoms with E-state index in [9.17, 15) is 9.59 Å². The number of hydrogen-bond donors (Lipinski definition) is 0. The standard InChI is InChI=1S/C23H32O4S/c1-5-13(2)21(24)26-20-16-8-14-9-17(20)11-15(10-16)19(14)22(25)27-23(3,4)18-6-7-28-12-18/h6-7,12-17,19-20H,5,8-11H2,1-4H3. The number of carbonyl (C=O) groups is 2. The molecule has 0 spiro atoms. The highest BCUT2D eigenvalue weighted by molar-refractivity contribution is 7.08. The molecule has 28 heavy (non-hydrogen) atoms. The average molecular weight is 405 g/mol. The van der Waals surface area contributed by atoms with E-state index in [1.54, 1.807) is 11.3 Å². The summed E-state index contributed by atoms with van der Waals surface area (Å²) in [6.45, 7) is 7.93. The van der Waals surface area contributed by atoms with Crippen LogP contribution in [0.15, 0.2) is 16.8 Å². The zero-order chi connectivity index (χ0) is 20.1. The summed E-state index contributed by atoms with van der Waals surface area (Å²) in [5.41, 5.74) is 0.479. The lowest BCUT2D eigenvalue weighted by molar-refractivity contribution is -0.195. The van der Waals surface area contributed by atoms with Crippen molar-refractivity contribution in [2.45, 2.75) is 71.5 Å². The molecule has 5 rings (SSSR count). The Labute approximate surface area is 172 Å². The fourth-order valence-electron chi connectivity index (χ4n) is 5.81. The summed E-state index contributed by atoms with van der Waals surface area (Å²) in [4.78, 5) is 25.4. The summed E-state index contributed by atoms with van der Waals surface area (Å²) in [5.74, 6) is 1.51. The van der Waals surface area contributed by atoms with Gasteiger partial charge in [0.05, 0.1) is 11.8 Å². The average Bonchev–Trinajstić information content (AvgIpc) is 3.18. The summed E-state index contributed by atoms with van der Waals surface area (Å²) >= 11 is 1.63. The molecule has 0 N–H and O–H groups in total. The van der Waals surface area contributed by atoms with Crippen molar-refractivity contribution >= 4 is 23.3 Å². The van der Waals surface area contributed by atoms with Gasteiger partial charge in [0.2, 0.25) is 0 Å². The second-order valence-electron chi connectivity index (χ2n) is 9.66. The quantitative estimate of drug-likeness (QED) is 0.614. The first-order valence-electron chi connectivity index (χ1n) is 10.8. The molecule has 4 saturated carbocycles. The fraction of sp³-hybridized carbons (Fsp3) is 0.739. The van der Waals surface area contributed by atoms with E-state index >= 15 is 0 Å². The maximum absolute atomic E-state index is 13.1. The van der Waals surface area contributed by atoms with E-state index in [1.807, 2.05) is 39.1 Å². The third-order valence-electron chi connectivity index (χ3n) is 7.48. The van der Waals surface area contributed by atoms with E-state index in [-0.39, 0.29) is 29.9 Å². The van der Waals surface area contributed by atoms with Crippen LogP contribution in [0.3, 0.4) is 0 Å². The molecule has 4 bridgehead atoms. The van der Waals surface area contributed by atoms with E-state index in [1.165, 1.54) is 0 Å². The summed E-state index contributed by atoms with van der Waals surface area (Å²) in [6.07, 6.45) is 4.84. The fourth-order valence-corrected chi connectivity index (χ4v) is 6.63. The Balaban J connectivity index is 1.41. The van der Waals surface area contributed by atoms with Crippen molar-refractivity contribution in [3.8, 4) is 0 Å². The summed E-state index contributed by atoms with van der Waals surface area (Å²) < 4.78 is 12.0. The predicted molar refractivity (Wildman–Crippen MR) is 109 cm³/mol. The summed E-state index contributed by atoms with van der Waals surface area (Å²) in [6, 6.07) is 2.03. The molecule has 4 fully saturated rings. The van der Waals surface area contributed by atoms with Crippen LogP contribution in [-0.4, -0.2) is 18.0 Å². The summed E-state index contributed by atoms with van der Waals surface area (Å²) in [7, 11) is 0. The van der Waals surface area contributed by atoms with E-state index in [0.29, 0.717) is 23.7 Å². The highest BCUT2D eigenvalue weighted by Crippen LogP contribution is 2.58. The molecular formula is C23H32O4S. The Morgan fingerprint density at radius 3 is 2.25 bits per heavy atom. The highest BCUT2D eigenvalue weighted by atomic mass is 32.1. The lowest BCUT2D eigenvalue weighted by Crippen LogP contribution is -2.56. The molecule has 5 heteroatoms. The number of esters is 2. The molecular weight excluding hydrogens is 372 g/mol. The molecule has 4 aliphatic rings. The molecule has 0 aromatic carbocycles. The van der Waals surface area contributed by atoms with Crippen molar-refractivity contribution in [1.82, 2.24) is 0 Å². The molecule has 1 unspecified atom stereocenters. The molecule has 154 valence electrons. The van der Waals surface area contributed by atoms with Gasteiger partial charge in [-0.3, -0.25) is 9.59 Å². The van der Waals surface area contributed by atoms with Gasteiger partial charge >= 0.3 is 11.9 Å². The topological polar surface area (TPSA) is 52.6 Å². The highest BCUT2D eigenvalue weighted by Gasteiger charge is 2.57. The van der Waals surface area contributed by atoms with Crippen LogP contribution in [0.1, 0.15) is 65.4 Å². The second-order valence-corrected chi connectivity index (χ2v) is 10.4. The van der Waals surface area contributed by atoms with E-state index < -0.39 is 5.60 Å². The van der Waals surface area contributed by atoms with Gasteiger partial charge in [0.25, 0.3) is 0 Å². The van der Waals surface area contributed by atoms with Crippen molar-refractivity contribution in [3.63, 3.8) is 0 Å². The Bertz CT molecular complexity index is 693. The molecule has 4 nitrogen and oxygen atoms in total. The molecule has 1 atom stereocenters. The Morgan fingerprint density at radius 2 is 1.75 bits per heavy atom. The van der Waals surface area contributed by atoms with Crippen LogP contribution < -0.4 is 0 Å². The molecule has 0 aliphatic heterocycles. The van der Waals surface area contributed by atoms with Crippen LogP contribution in [0.2, 0.25) is 0 Å². The van der Waals surface area contributed by atoms with Crippen molar-refractivity contribution < 1.29 is 19.1 Å². The monoisotopic (exact) mass is 404 g/mol. The Hall–Kier alpha value is -1.36. The number of thiophene rings is 1. The van der Waals surface area contributed by atoms with Crippen molar-refractivity contribution in [3.05, 3.63) is 22.4 Å². The first-order valence-corrected chi connectivity index (χ1v) is 11.7. The van der Waals surface area contributed by atoms with Crippen molar-refractivity contribution in [2.75, 3.05) is 0 Å². The Kier molecular flexibility index (Phi) is 5.32. The first-order chi connectivity index (χ1) is 13.3. The van der Waals surface area contributed by atoms with Crippen LogP contribution in [0.4, 0.5) is 0 Å². The lowest BCUT2D eigenvalue weighted by atomic mass is 9.50. The normalized spacial score (nSPS) is 34.9. The number of ether oxygens (including phenoxy) is 2. The van der Waals surface area contributed by atoms with Gasteiger partial charge in [0.1, 0.15) is 11.7 Å². The molecule has 4 aliphatic carbocycles. The third kappa shape index (κ3) is 3.51. The smallest absolute Gasteiger partial charge is 0.310 e. The van der Waals surface area contributed by atoms with Crippen LogP contribution in [0, 0.1) is 35.5 Å². The van der Waals surface area contributed by atoms with Gasteiger partial charge in [-0.05, 0) is 86.4 Å². The maximum Gasteiger partial charge on any atom is 0.310 e. The van der Waals surface area contributed by atoms with Crippen LogP contribution in [0.25, 0.3) is 0 Å². The van der Waals surface area contributed by atoms with Gasteiger partial charge < -0.3 is 9.47 Å². The zero-order valence-electron chi connectivity index (χ0n) is 17.4. The lowest BCUT2D eigenvalue weighted by Gasteiger charge is -2.56. The van der Waals surface area contributed by atoms with E-state index in [0.717, 1.165) is 37.7 Å². The van der Waals surface area contributed by atoms with Crippen molar-refractivity contribution in [1.29, 1.82) is 0 Å². The largest absolute Gasteiger partial charge is 0.462 e. The van der Waals surface area contributed by atoms with Crippen LogP contribution in [0.5, 0.6) is 0 Å². The van der Waals surface area contributed by atoms with Gasteiger partial charge in [0, 0.05) is 5.56 Å². The molecule has 0 radical (unpaired) electrons. The number of hydrogen-bond acceptors (Lipinski definition) is 5.